The van der Waals surface area contributed by atoms with Crippen molar-refractivity contribution in [2.24, 2.45) is 5.92 Å². The molecule has 0 aliphatic carbocycles. The van der Waals surface area contributed by atoms with E-state index in [0.717, 1.165) is 17.2 Å². The minimum Gasteiger partial charge on any atom is -0.480 e. The standard InChI is InChI=1S/C33H32F5N5O4/c1-19-28(43(23-7-5-4-6-8-23)41-29(19)21-14-25(31(45)39-2)32(46-3)40-17-21)16-24(44)13-22-18-42(12-11-33(36,37)38)47-30(22)20-9-10-26(34)27(35)15-20/h4-10,14-15,17,22,30H,11-13,16,18H2,1-3H3,(H,39,45)/t22-,30+/m1/s1. The Bertz CT molecular complexity index is 1760. The number of halogens is 5. The fourth-order valence-corrected chi connectivity index (χ4v) is 5.62. The Labute approximate surface area is 267 Å². The minimum atomic E-state index is -4.43. The van der Waals surface area contributed by atoms with Crippen molar-refractivity contribution in [1.82, 2.24) is 25.1 Å². The van der Waals surface area contributed by atoms with Gasteiger partial charge < -0.3 is 10.1 Å². The summed E-state index contributed by atoms with van der Waals surface area (Å²) in [7, 11) is 2.88. The highest BCUT2D eigenvalue weighted by Gasteiger charge is 2.39. The number of benzene rings is 2. The third-order valence-corrected chi connectivity index (χ3v) is 7.93. The van der Waals surface area contributed by atoms with E-state index < -0.39 is 48.7 Å². The lowest BCUT2D eigenvalue weighted by Gasteiger charge is -2.18. The molecular formula is C33H32F5N5O4. The summed E-state index contributed by atoms with van der Waals surface area (Å²) in [4.78, 5) is 36.3. The molecule has 2 atom stereocenters. The van der Waals surface area contributed by atoms with Gasteiger partial charge in [0.1, 0.15) is 17.5 Å². The van der Waals surface area contributed by atoms with Crippen LogP contribution in [0.1, 0.15) is 46.1 Å². The summed E-state index contributed by atoms with van der Waals surface area (Å²) < 4.78 is 73.6. The van der Waals surface area contributed by atoms with Crippen molar-refractivity contribution >= 4 is 11.7 Å². The van der Waals surface area contributed by atoms with Crippen molar-refractivity contribution in [2.45, 2.75) is 38.5 Å². The molecule has 0 saturated carbocycles. The summed E-state index contributed by atoms with van der Waals surface area (Å²) >= 11 is 0. The van der Waals surface area contributed by atoms with E-state index in [2.05, 4.69) is 10.3 Å². The Morgan fingerprint density at radius 2 is 1.83 bits per heavy atom. The Balaban J connectivity index is 1.46. The van der Waals surface area contributed by atoms with E-state index in [-0.39, 0.29) is 42.2 Å². The number of carbonyl (C=O) groups is 2. The van der Waals surface area contributed by atoms with Gasteiger partial charge in [-0.15, -0.1) is 0 Å². The molecule has 5 rings (SSSR count). The van der Waals surface area contributed by atoms with E-state index >= 15 is 0 Å². The highest BCUT2D eigenvalue weighted by molar-refractivity contribution is 5.97. The molecule has 1 aliphatic heterocycles. The number of hydrogen-bond acceptors (Lipinski definition) is 7. The number of ketones is 1. The van der Waals surface area contributed by atoms with Gasteiger partial charge in [0.25, 0.3) is 5.91 Å². The van der Waals surface area contributed by atoms with Gasteiger partial charge in [-0.1, -0.05) is 24.3 Å². The predicted octanol–water partition coefficient (Wildman–Crippen LogP) is 5.95. The topological polar surface area (TPSA) is 98.6 Å². The first kappa shape index (κ1) is 33.7. The van der Waals surface area contributed by atoms with Crippen LogP contribution < -0.4 is 10.1 Å². The van der Waals surface area contributed by atoms with E-state index in [1.54, 1.807) is 17.7 Å². The average molecular weight is 658 g/mol. The first-order valence-electron chi connectivity index (χ1n) is 14.7. The van der Waals surface area contributed by atoms with E-state index in [1.807, 2.05) is 30.3 Å². The smallest absolute Gasteiger partial charge is 0.390 e. The largest absolute Gasteiger partial charge is 0.480 e. The molecule has 248 valence electrons. The molecule has 1 N–H and O–H groups in total. The molecular weight excluding hydrogens is 625 g/mol. The van der Waals surface area contributed by atoms with Gasteiger partial charge in [-0.05, 0) is 48.4 Å². The second-order valence-corrected chi connectivity index (χ2v) is 11.2. The van der Waals surface area contributed by atoms with Gasteiger partial charge in [0, 0.05) is 50.7 Å². The van der Waals surface area contributed by atoms with Gasteiger partial charge in [0.05, 0.1) is 30.6 Å². The van der Waals surface area contributed by atoms with Crippen molar-refractivity contribution in [1.29, 1.82) is 0 Å². The molecule has 14 heteroatoms. The van der Waals surface area contributed by atoms with Crippen LogP contribution in [-0.2, 0) is 16.1 Å². The number of pyridine rings is 1. The molecule has 0 bridgehead atoms. The summed E-state index contributed by atoms with van der Waals surface area (Å²) in [6, 6.07) is 13.8. The number of ether oxygens (including phenoxy) is 1. The SMILES string of the molecule is CNC(=O)c1cc(-c2nn(-c3ccccc3)c(CC(=O)C[C@@H]3CN(CCC(F)(F)F)O[C@H]3c3ccc(F)c(F)c3)c2C)cnc1OC. The van der Waals surface area contributed by atoms with Crippen LogP contribution in [0.3, 0.4) is 0 Å². The fourth-order valence-electron chi connectivity index (χ4n) is 5.62. The zero-order chi connectivity index (χ0) is 33.9. The molecule has 1 saturated heterocycles. The number of amides is 1. The molecule has 1 aliphatic rings. The second kappa shape index (κ2) is 14.0. The molecule has 2 aromatic heterocycles. The molecule has 47 heavy (non-hydrogen) atoms. The molecule has 1 amide bonds. The number of para-hydroxylation sites is 1. The molecule has 3 heterocycles. The highest BCUT2D eigenvalue weighted by Crippen LogP contribution is 2.38. The summed E-state index contributed by atoms with van der Waals surface area (Å²) in [6.45, 7) is 1.29. The molecule has 4 aromatic rings. The molecule has 0 radical (unpaired) electrons. The first-order chi connectivity index (χ1) is 22.4. The quantitative estimate of drug-likeness (QED) is 0.199. The molecule has 9 nitrogen and oxygen atoms in total. The number of nitrogens with one attached hydrogen (secondary N) is 1. The van der Waals surface area contributed by atoms with Gasteiger partial charge in [-0.3, -0.25) is 14.4 Å². The Hall–Kier alpha value is -4.69. The van der Waals surface area contributed by atoms with E-state index in [1.165, 1.54) is 26.4 Å². The number of methoxy groups -OCH3 is 1. The summed E-state index contributed by atoms with van der Waals surface area (Å²) in [6.07, 6.45) is -5.25. The van der Waals surface area contributed by atoms with Gasteiger partial charge in [-0.2, -0.15) is 23.3 Å². The van der Waals surface area contributed by atoms with Crippen LogP contribution in [0.4, 0.5) is 22.0 Å². The first-order valence-corrected chi connectivity index (χ1v) is 14.7. The Morgan fingerprint density at radius 3 is 2.49 bits per heavy atom. The predicted molar refractivity (Wildman–Crippen MR) is 161 cm³/mol. The lowest BCUT2D eigenvalue weighted by molar-refractivity contribution is -0.184. The maximum Gasteiger partial charge on any atom is 0.390 e. The average Bonchev–Trinajstić information content (AvgIpc) is 3.60. The summed E-state index contributed by atoms with van der Waals surface area (Å²) in [5.41, 5.74) is 3.24. The van der Waals surface area contributed by atoms with Crippen molar-refractivity contribution in [2.75, 3.05) is 27.2 Å². The minimum absolute atomic E-state index is 0.0204. The lowest BCUT2D eigenvalue weighted by atomic mass is 9.90. The van der Waals surface area contributed by atoms with E-state index in [4.69, 9.17) is 14.7 Å². The van der Waals surface area contributed by atoms with Gasteiger partial charge in [0.15, 0.2) is 11.6 Å². The number of Topliss-reactive ketones (excluding diaryl/α,β-unsaturated/α-hetero) is 1. The Kier molecular flexibility index (Phi) is 10.0. The normalized spacial score (nSPS) is 16.8. The zero-order valence-corrected chi connectivity index (χ0v) is 25.8. The van der Waals surface area contributed by atoms with Crippen LogP contribution >= 0.6 is 0 Å². The van der Waals surface area contributed by atoms with E-state index in [0.29, 0.717) is 28.2 Å². The van der Waals surface area contributed by atoms with Crippen LogP contribution in [0.2, 0.25) is 0 Å². The zero-order valence-electron chi connectivity index (χ0n) is 25.8. The van der Waals surface area contributed by atoms with Crippen LogP contribution in [-0.4, -0.2) is 64.9 Å². The number of nitrogens with zero attached hydrogens (tertiary/aromatic N) is 4. The maximum absolute atomic E-state index is 14.1. The van der Waals surface area contributed by atoms with Gasteiger partial charge in [0.2, 0.25) is 5.88 Å². The molecule has 1 fully saturated rings. The maximum atomic E-state index is 14.1. The number of alkyl halides is 3. The lowest BCUT2D eigenvalue weighted by Crippen LogP contribution is -2.25. The van der Waals surface area contributed by atoms with Crippen molar-refractivity contribution in [3.8, 4) is 22.8 Å². The third-order valence-electron chi connectivity index (χ3n) is 7.93. The number of aromatic nitrogens is 3. The second-order valence-electron chi connectivity index (χ2n) is 11.2. The molecule has 2 aromatic carbocycles. The number of rotatable bonds is 11. The van der Waals surface area contributed by atoms with Crippen LogP contribution in [0.25, 0.3) is 16.9 Å². The van der Waals surface area contributed by atoms with Crippen LogP contribution in [0.5, 0.6) is 5.88 Å². The number of hydroxylamine groups is 2. The number of hydrogen-bond donors (Lipinski definition) is 1. The number of carbonyl (C=O) groups excluding carboxylic acids is 2. The van der Waals surface area contributed by atoms with Crippen LogP contribution in [0, 0.1) is 24.5 Å². The summed E-state index contributed by atoms with van der Waals surface area (Å²) in [5, 5.41) is 8.47. The van der Waals surface area contributed by atoms with Gasteiger partial charge >= 0.3 is 6.18 Å². The van der Waals surface area contributed by atoms with Crippen LogP contribution in [0.15, 0.2) is 60.8 Å². The molecule has 0 unspecified atom stereocenters. The monoisotopic (exact) mass is 657 g/mol. The van der Waals surface area contributed by atoms with Crippen molar-refractivity contribution < 1.29 is 41.1 Å². The fraction of sp³-hybridized carbons (Fsp3) is 0.333. The molecule has 0 spiro atoms. The Morgan fingerprint density at radius 1 is 1.09 bits per heavy atom. The third kappa shape index (κ3) is 7.66. The highest BCUT2D eigenvalue weighted by atomic mass is 19.4. The summed E-state index contributed by atoms with van der Waals surface area (Å²) in [5.74, 6) is -3.41. The van der Waals surface area contributed by atoms with Crippen molar-refractivity contribution in [3.63, 3.8) is 0 Å². The van der Waals surface area contributed by atoms with Crippen molar-refractivity contribution in [3.05, 3.63) is 94.8 Å². The van der Waals surface area contributed by atoms with Gasteiger partial charge in [-0.25, -0.2) is 18.4 Å². The van der Waals surface area contributed by atoms with E-state index in [9.17, 15) is 31.5 Å².